The molecule has 4 heterocycles. The van der Waals surface area contributed by atoms with Crippen molar-refractivity contribution in [1.29, 1.82) is 0 Å². The van der Waals surface area contributed by atoms with Gasteiger partial charge in [0.2, 0.25) is 0 Å². The highest BCUT2D eigenvalue weighted by Crippen LogP contribution is 2.38. The molecule has 2 aliphatic rings. The third-order valence-electron chi connectivity index (χ3n) is 6.96. The molecule has 6 heteroatoms. The minimum atomic E-state index is 0.213. The van der Waals surface area contributed by atoms with Crippen molar-refractivity contribution < 1.29 is 0 Å². The van der Waals surface area contributed by atoms with Crippen molar-refractivity contribution in [2.45, 2.75) is 57.9 Å². The molecule has 1 unspecified atom stereocenters. The second kappa shape index (κ2) is 8.78. The zero-order valence-corrected chi connectivity index (χ0v) is 19.9. The van der Waals surface area contributed by atoms with Gasteiger partial charge in [-0.05, 0) is 63.1 Å². The number of piperidine rings is 1. The summed E-state index contributed by atoms with van der Waals surface area (Å²) in [4.78, 5) is 9.58. The second-order valence-corrected chi connectivity index (χ2v) is 9.72. The molecule has 2 aromatic heterocycles. The summed E-state index contributed by atoms with van der Waals surface area (Å²) >= 11 is 6.39. The van der Waals surface area contributed by atoms with Gasteiger partial charge in [-0.3, -0.25) is 0 Å². The molecule has 0 radical (unpaired) electrons. The zero-order valence-electron chi connectivity index (χ0n) is 19.1. The molecule has 32 heavy (non-hydrogen) atoms. The van der Waals surface area contributed by atoms with E-state index in [1.165, 1.54) is 30.4 Å². The molecule has 168 valence electrons. The Morgan fingerprint density at radius 3 is 2.75 bits per heavy atom. The minimum Gasteiger partial charge on any atom is -0.363 e. The van der Waals surface area contributed by atoms with Crippen LogP contribution in [-0.4, -0.2) is 39.6 Å². The van der Waals surface area contributed by atoms with E-state index in [4.69, 9.17) is 21.7 Å². The van der Waals surface area contributed by atoms with Gasteiger partial charge in [-0.1, -0.05) is 30.7 Å². The summed E-state index contributed by atoms with van der Waals surface area (Å²) in [5.74, 6) is 1.12. The van der Waals surface area contributed by atoms with Crippen molar-refractivity contribution in [3.8, 4) is 0 Å². The van der Waals surface area contributed by atoms with E-state index in [1.54, 1.807) is 0 Å². The van der Waals surface area contributed by atoms with Crippen LogP contribution in [-0.2, 0) is 6.42 Å². The second-order valence-electron chi connectivity index (χ2n) is 9.28. The Kier molecular flexibility index (Phi) is 5.85. The normalized spacial score (nSPS) is 20.1. The lowest BCUT2D eigenvalue weighted by atomic mass is 9.94. The molecular formula is C26H32ClN5. The van der Waals surface area contributed by atoms with Gasteiger partial charge in [0.1, 0.15) is 5.82 Å². The molecule has 0 amide bonds. The van der Waals surface area contributed by atoms with Crippen LogP contribution in [0.4, 0.5) is 5.82 Å². The number of halogens is 1. The van der Waals surface area contributed by atoms with Crippen LogP contribution in [0.5, 0.6) is 0 Å². The maximum atomic E-state index is 6.39. The number of anilines is 1. The third-order valence-corrected chi connectivity index (χ3v) is 7.19. The lowest BCUT2D eigenvalue weighted by Gasteiger charge is -2.38. The van der Waals surface area contributed by atoms with Crippen LogP contribution in [0.2, 0.25) is 5.02 Å². The van der Waals surface area contributed by atoms with E-state index in [-0.39, 0.29) is 6.04 Å². The largest absolute Gasteiger partial charge is 0.363 e. The van der Waals surface area contributed by atoms with Gasteiger partial charge in [0.05, 0.1) is 11.7 Å². The molecule has 1 aromatic carbocycles. The summed E-state index contributed by atoms with van der Waals surface area (Å²) in [6, 6.07) is 10.8. The number of nitrogens with zero attached hydrogens (tertiary/aromatic N) is 5. The smallest absolute Gasteiger partial charge is 0.157 e. The van der Waals surface area contributed by atoms with E-state index in [0.717, 1.165) is 72.3 Å². The monoisotopic (exact) mass is 449 g/mol. The van der Waals surface area contributed by atoms with Gasteiger partial charge in [0.15, 0.2) is 5.65 Å². The fourth-order valence-electron chi connectivity index (χ4n) is 5.26. The van der Waals surface area contributed by atoms with Crippen molar-refractivity contribution in [2.75, 3.05) is 25.0 Å². The van der Waals surface area contributed by atoms with E-state index in [9.17, 15) is 0 Å². The van der Waals surface area contributed by atoms with E-state index in [1.807, 2.05) is 10.6 Å². The molecule has 0 aliphatic carbocycles. The maximum Gasteiger partial charge on any atom is 0.157 e. The molecule has 1 saturated heterocycles. The topological polar surface area (TPSA) is 36.7 Å². The van der Waals surface area contributed by atoms with E-state index >= 15 is 0 Å². The average molecular weight is 450 g/mol. The van der Waals surface area contributed by atoms with Crippen molar-refractivity contribution >= 4 is 28.8 Å². The molecule has 2 bridgehead atoms. The van der Waals surface area contributed by atoms with Crippen molar-refractivity contribution in [1.82, 2.24) is 19.5 Å². The van der Waals surface area contributed by atoms with Gasteiger partial charge in [0, 0.05) is 54.2 Å². The number of aryl methyl sites for hydroxylation is 2. The summed E-state index contributed by atoms with van der Waals surface area (Å²) in [6.45, 7) is 8.64. The van der Waals surface area contributed by atoms with Crippen molar-refractivity contribution in [3.05, 3.63) is 64.4 Å². The first kappa shape index (κ1) is 21.3. The predicted octanol–water partition coefficient (Wildman–Crippen LogP) is 6.05. The number of hydrogen-bond donors (Lipinski definition) is 0. The first-order chi connectivity index (χ1) is 15.5. The van der Waals surface area contributed by atoms with Crippen LogP contribution in [0.1, 0.15) is 67.1 Å². The standard InChI is InChI=1S/C26H32ClN5/c1-18-15-26-30(3)13-7-4-5-9-20-16-21(27)11-12-22(20)19(2)31-14-8-6-10-24(31)23-17-25(28-18)32(26)29-23/h11-12,15-17,24H,2,4-10,13-14H2,1,3H3. The molecule has 5 rings (SSSR count). The van der Waals surface area contributed by atoms with Crippen LogP contribution in [0.15, 0.2) is 36.9 Å². The van der Waals surface area contributed by atoms with Gasteiger partial charge < -0.3 is 9.80 Å². The highest BCUT2D eigenvalue weighted by Gasteiger charge is 2.29. The highest BCUT2D eigenvalue weighted by atomic mass is 35.5. The van der Waals surface area contributed by atoms with Crippen molar-refractivity contribution in [3.63, 3.8) is 0 Å². The number of benzene rings is 1. The quantitative estimate of drug-likeness (QED) is 0.418. The summed E-state index contributed by atoms with van der Waals surface area (Å²) in [5.41, 5.74) is 6.67. The SMILES string of the molecule is C=C1c2ccc(Cl)cc2CCCCCN(C)c2cc(C)nc3cc(nn23)C2CCCCN12. The van der Waals surface area contributed by atoms with Gasteiger partial charge in [-0.25, -0.2) is 4.98 Å². The molecule has 0 saturated carbocycles. The van der Waals surface area contributed by atoms with Gasteiger partial charge in [-0.2, -0.15) is 9.61 Å². The number of rotatable bonds is 0. The van der Waals surface area contributed by atoms with Crippen LogP contribution >= 0.6 is 11.6 Å². The molecule has 0 spiro atoms. The summed E-state index contributed by atoms with van der Waals surface area (Å²) in [5, 5.41) is 5.90. The zero-order chi connectivity index (χ0) is 22.2. The summed E-state index contributed by atoms with van der Waals surface area (Å²) in [6.07, 6.45) is 7.95. The Hall–Kier alpha value is -2.53. The summed E-state index contributed by atoms with van der Waals surface area (Å²) < 4.78 is 2.03. The van der Waals surface area contributed by atoms with Crippen LogP contribution in [0.25, 0.3) is 11.3 Å². The molecule has 5 nitrogen and oxygen atoms in total. The molecule has 0 N–H and O–H groups in total. The maximum absolute atomic E-state index is 6.39. The van der Waals surface area contributed by atoms with Gasteiger partial charge in [-0.15, -0.1) is 0 Å². The predicted molar refractivity (Wildman–Crippen MR) is 132 cm³/mol. The van der Waals surface area contributed by atoms with E-state index < -0.39 is 0 Å². The molecule has 1 atom stereocenters. The van der Waals surface area contributed by atoms with Crippen molar-refractivity contribution in [2.24, 2.45) is 0 Å². The Balaban J connectivity index is 1.63. The fraction of sp³-hybridized carbons (Fsp3) is 0.462. The average Bonchev–Trinajstić information content (AvgIpc) is 3.21. The van der Waals surface area contributed by atoms with Crippen LogP contribution < -0.4 is 4.90 Å². The minimum absolute atomic E-state index is 0.213. The summed E-state index contributed by atoms with van der Waals surface area (Å²) in [7, 11) is 2.16. The first-order valence-corrected chi connectivity index (χ1v) is 12.2. The van der Waals surface area contributed by atoms with Crippen LogP contribution in [0, 0.1) is 6.92 Å². The lowest BCUT2D eigenvalue weighted by molar-refractivity contribution is 0.226. The Morgan fingerprint density at radius 1 is 1.03 bits per heavy atom. The Bertz CT molecular complexity index is 1150. The molecular weight excluding hydrogens is 418 g/mol. The van der Waals surface area contributed by atoms with E-state index in [2.05, 4.69) is 54.6 Å². The molecule has 3 aromatic rings. The number of aromatic nitrogens is 3. The Morgan fingerprint density at radius 2 is 1.88 bits per heavy atom. The van der Waals surface area contributed by atoms with Gasteiger partial charge >= 0.3 is 0 Å². The van der Waals surface area contributed by atoms with Crippen LogP contribution in [0.3, 0.4) is 0 Å². The van der Waals surface area contributed by atoms with E-state index in [0.29, 0.717) is 0 Å². The molecule has 1 fully saturated rings. The fourth-order valence-corrected chi connectivity index (χ4v) is 5.45. The van der Waals surface area contributed by atoms with Gasteiger partial charge in [0.25, 0.3) is 0 Å². The highest BCUT2D eigenvalue weighted by molar-refractivity contribution is 6.30. The lowest BCUT2D eigenvalue weighted by Crippen LogP contribution is -2.32. The Labute approximate surface area is 195 Å². The number of hydrogen-bond acceptors (Lipinski definition) is 4. The molecule has 2 aliphatic heterocycles. The number of fused-ring (bicyclic) bond motifs is 4. The first-order valence-electron chi connectivity index (χ1n) is 11.8. The third kappa shape index (κ3) is 3.99.